The molecular formula is C11H21NO2. The second-order valence-electron chi connectivity index (χ2n) is 4.42. The monoisotopic (exact) mass is 199 g/mol. The summed E-state index contributed by atoms with van der Waals surface area (Å²) in [7, 11) is 0. The molecule has 1 N–H and O–H groups in total. The molecule has 3 heteroatoms. The third-order valence-corrected chi connectivity index (χ3v) is 3.23. The Morgan fingerprint density at radius 2 is 2.07 bits per heavy atom. The van der Waals surface area contributed by atoms with Crippen molar-refractivity contribution in [2.75, 3.05) is 26.4 Å². The third-order valence-electron chi connectivity index (χ3n) is 3.23. The lowest BCUT2D eigenvalue weighted by Gasteiger charge is -2.35. The highest BCUT2D eigenvalue weighted by Crippen LogP contribution is 2.32. The van der Waals surface area contributed by atoms with E-state index in [9.17, 15) is 0 Å². The van der Waals surface area contributed by atoms with Gasteiger partial charge in [0.2, 0.25) is 0 Å². The van der Waals surface area contributed by atoms with Crippen molar-refractivity contribution in [1.29, 1.82) is 0 Å². The summed E-state index contributed by atoms with van der Waals surface area (Å²) in [4.78, 5) is 2.63. The quantitative estimate of drug-likeness (QED) is 0.671. The molecular weight excluding hydrogens is 178 g/mol. The second kappa shape index (κ2) is 5.10. The van der Waals surface area contributed by atoms with Crippen molar-refractivity contribution >= 4 is 0 Å². The summed E-state index contributed by atoms with van der Waals surface area (Å²) in [6.07, 6.45) is 6.75. The Morgan fingerprint density at radius 1 is 1.21 bits per heavy atom. The van der Waals surface area contributed by atoms with Gasteiger partial charge >= 0.3 is 0 Å². The molecule has 1 atom stereocenters. The molecule has 1 heterocycles. The summed E-state index contributed by atoms with van der Waals surface area (Å²) in [5.74, 6) is 0. The minimum atomic E-state index is 0.149. The molecule has 82 valence electrons. The van der Waals surface area contributed by atoms with Crippen molar-refractivity contribution in [1.82, 2.24) is 4.90 Å². The van der Waals surface area contributed by atoms with Crippen LogP contribution in [0.2, 0.25) is 0 Å². The summed E-state index contributed by atoms with van der Waals surface area (Å²) in [5.41, 5.74) is 0. The van der Waals surface area contributed by atoms with Crippen molar-refractivity contribution < 1.29 is 9.84 Å². The lowest BCUT2D eigenvalue weighted by molar-refractivity contribution is 0.0221. The molecule has 2 rings (SSSR count). The van der Waals surface area contributed by atoms with Crippen LogP contribution in [-0.4, -0.2) is 48.5 Å². The Balaban J connectivity index is 1.74. The molecule has 0 bridgehead atoms. The minimum absolute atomic E-state index is 0.149. The zero-order valence-electron chi connectivity index (χ0n) is 8.82. The van der Waals surface area contributed by atoms with E-state index in [1.54, 1.807) is 0 Å². The van der Waals surface area contributed by atoms with Crippen LogP contribution in [0.4, 0.5) is 0 Å². The highest BCUT2D eigenvalue weighted by molar-refractivity contribution is 4.90. The van der Waals surface area contributed by atoms with Crippen molar-refractivity contribution in [2.24, 2.45) is 0 Å². The van der Waals surface area contributed by atoms with Gasteiger partial charge < -0.3 is 9.84 Å². The van der Waals surface area contributed by atoms with Crippen molar-refractivity contribution in [3.8, 4) is 0 Å². The van der Waals surface area contributed by atoms with Crippen molar-refractivity contribution in [2.45, 2.75) is 44.2 Å². The fourth-order valence-corrected chi connectivity index (χ4v) is 2.37. The van der Waals surface area contributed by atoms with Crippen LogP contribution in [0, 0.1) is 0 Å². The Bertz CT molecular complexity index is 171. The summed E-state index contributed by atoms with van der Waals surface area (Å²) >= 11 is 0. The van der Waals surface area contributed by atoms with Crippen LogP contribution in [0.25, 0.3) is 0 Å². The lowest BCUT2D eigenvalue weighted by atomic mass is 10.0. The van der Waals surface area contributed by atoms with Crippen LogP contribution in [0.15, 0.2) is 0 Å². The number of likely N-dealkylation sites (tertiary alicyclic amines) is 1. The molecule has 0 aromatic carbocycles. The number of rotatable bonds is 5. The van der Waals surface area contributed by atoms with Gasteiger partial charge in [0, 0.05) is 12.1 Å². The van der Waals surface area contributed by atoms with Crippen LogP contribution in [0.1, 0.15) is 32.1 Å². The molecule has 1 aliphatic carbocycles. The van der Waals surface area contributed by atoms with Gasteiger partial charge in [-0.25, -0.2) is 0 Å². The normalized spacial score (nSPS) is 29.4. The first-order chi connectivity index (χ1) is 6.92. The maximum Gasteiger partial charge on any atom is 0.0698 e. The third kappa shape index (κ3) is 2.69. The van der Waals surface area contributed by atoms with Gasteiger partial charge in [0.25, 0.3) is 0 Å². The number of nitrogens with zero attached hydrogens (tertiary/aromatic N) is 1. The molecule has 0 aromatic heterocycles. The number of hydrogen-bond donors (Lipinski definition) is 1. The van der Waals surface area contributed by atoms with Gasteiger partial charge in [-0.1, -0.05) is 6.42 Å². The van der Waals surface area contributed by atoms with E-state index in [2.05, 4.69) is 4.90 Å². The standard InChI is InChI=1S/C11H21NO2/c13-7-8-14-9-11-3-1-2-6-12(11)10-4-5-10/h10-11,13H,1-9H2. The van der Waals surface area contributed by atoms with E-state index in [0.29, 0.717) is 12.6 Å². The molecule has 2 fully saturated rings. The SMILES string of the molecule is OCCOCC1CCCCN1C1CC1. The minimum Gasteiger partial charge on any atom is -0.394 e. The van der Waals surface area contributed by atoms with E-state index >= 15 is 0 Å². The summed E-state index contributed by atoms with van der Waals surface area (Å²) in [6, 6.07) is 1.49. The maximum absolute atomic E-state index is 8.64. The Kier molecular flexibility index (Phi) is 3.79. The van der Waals surface area contributed by atoms with Crippen LogP contribution >= 0.6 is 0 Å². The molecule has 1 aliphatic heterocycles. The molecule has 0 amide bonds. The average molecular weight is 199 g/mol. The van der Waals surface area contributed by atoms with Gasteiger partial charge in [-0.2, -0.15) is 0 Å². The smallest absolute Gasteiger partial charge is 0.0698 e. The first-order valence-electron chi connectivity index (χ1n) is 5.86. The van der Waals surface area contributed by atoms with Crippen LogP contribution < -0.4 is 0 Å². The average Bonchev–Trinajstić information content (AvgIpc) is 3.03. The van der Waals surface area contributed by atoms with E-state index in [4.69, 9.17) is 9.84 Å². The summed E-state index contributed by atoms with van der Waals surface area (Å²) in [6.45, 7) is 2.72. The molecule has 1 saturated carbocycles. The Labute approximate surface area is 86.0 Å². The zero-order valence-corrected chi connectivity index (χ0v) is 8.82. The largest absolute Gasteiger partial charge is 0.394 e. The molecule has 0 aromatic rings. The van der Waals surface area contributed by atoms with Crippen LogP contribution in [0.5, 0.6) is 0 Å². The van der Waals surface area contributed by atoms with E-state index in [0.717, 1.165) is 12.6 Å². The number of aliphatic hydroxyl groups excluding tert-OH is 1. The highest BCUT2D eigenvalue weighted by atomic mass is 16.5. The van der Waals surface area contributed by atoms with Crippen molar-refractivity contribution in [3.63, 3.8) is 0 Å². The Hall–Kier alpha value is -0.120. The van der Waals surface area contributed by atoms with E-state index in [1.165, 1.54) is 38.6 Å². The first kappa shape index (κ1) is 10.4. The van der Waals surface area contributed by atoms with Crippen LogP contribution in [0.3, 0.4) is 0 Å². The molecule has 14 heavy (non-hydrogen) atoms. The van der Waals surface area contributed by atoms with E-state index in [1.807, 2.05) is 0 Å². The lowest BCUT2D eigenvalue weighted by Crippen LogP contribution is -2.43. The van der Waals surface area contributed by atoms with E-state index < -0.39 is 0 Å². The molecule has 0 spiro atoms. The predicted molar refractivity (Wildman–Crippen MR) is 55.3 cm³/mol. The topological polar surface area (TPSA) is 32.7 Å². The molecule has 1 saturated heterocycles. The van der Waals surface area contributed by atoms with Crippen molar-refractivity contribution in [3.05, 3.63) is 0 Å². The molecule has 0 radical (unpaired) electrons. The number of aliphatic hydroxyl groups is 1. The predicted octanol–water partition coefficient (Wildman–Crippen LogP) is 1.01. The fourth-order valence-electron chi connectivity index (χ4n) is 2.37. The van der Waals surface area contributed by atoms with Gasteiger partial charge in [-0.15, -0.1) is 0 Å². The van der Waals surface area contributed by atoms with Gasteiger partial charge in [-0.3, -0.25) is 4.90 Å². The van der Waals surface area contributed by atoms with Gasteiger partial charge in [0.15, 0.2) is 0 Å². The summed E-state index contributed by atoms with van der Waals surface area (Å²) in [5, 5.41) is 8.64. The molecule has 2 aliphatic rings. The number of hydrogen-bond acceptors (Lipinski definition) is 3. The highest BCUT2D eigenvalue weighted by Gasteiger charge is 2.35. The summed E-state index contributed by atoms with van der Waals surface area (Å²) < 4.78 is 5.44. The maximum atomic E-state index is 8.64. The Morgan fingerprint density at radius 3 is 2.79 bits per heavy atom. The number of ether oxygens (including phenoxy) is 1. The molecule has 1 unspecified atom stereocenters. The molecule has 3 nitrogen and oxygen atoms in total. The zero-order chi connectivity index (χ0) is 9.80. The first-order valence-corrected chi connectivity index (χ1v) is 5.86. The van der Waals surface area contributed by atoms with E-state index in [-0.39, 0.29) is 6.61 Å². The van der Waals surface area contributed by atoms with Crippen LogP contribution in [-0.2, 0) is 4.74 Å². The fraction of sp³-hybridized carbons (Fsp3) is 1.00. The second-order valence-corrected chi connectivity index (χ2v) is 4.42. The van der Waals surface area contributed by atoms with Gasteiger partial charge in [0.1, 0.15) is 0 Å². The van der Waals surface area contributed by atoms with Gasteiger partial charge in [0.05, 0.1) is 19.8 Å². The number of piperidine rings is 1. The van der Waals surface area contributed by atoms with Gasteiger partial charge in [-0.05, 0) is 32.2 Å².